The van der Waals surface area contributed by atoms with Gasteiger partial charge >= 0.3 is 0 Å². The highest BCUT2D eigenvalue weighted by molar-refractivity contribution is 5.76. The molecule has 82 valence electrons. The van der Waals surface area contributed by atoms with Crippen LogP contribution in [-0.4, -0.2) is 47.8 Å². The third kappa shape index (κ3) is 3.27. The van der Waals surface area contributed by atoms with Crippen molar-refractivity contribution in [3.63, 3.8) is 0 Å². The maximum absolute atomic E-state index is 11.6. The molecule has 0 aromatic carbocycles. The number of carbonyl (C=O) groups excluding carboxylic acids is 1. The Kier molecular flexibility index (Phi) is 4.35. The van der Waals surface area contributed by atoms with E-state index in [1.165, 1.54) is 0 Å². The van der Waals surface area contributed by atoms with Gasteiger partial charge in [-0.2, -0.15) is 0 Å². The summed E-state index contributed by atoms with van der Waals surface area (Å²) in [6.45, 7) is 5.47. The van der Waals surface area contributed by atoms with Crippen molar-refractivity contribution < 1.29 is 14.6 Å². The fraction of sp³-hybridized carbons (Fsp3) is 0.900. The molecule has 1 aliphatic heterocycles. The lowest BCUT2D eigenvalue weighted by Crippen LogP contribution is -2.40. The van der Waals surface area contributed by atoms with Gasteiger partial charge in [-0.3, -0.25) is 4.79 Å². The Morgan fingerprint density at radius 3 is 3.07 bits per heavy atom. The molecule has 0 aromatic heterocycles. The molecule has 2 unspecified atom stereocenters. The van der Waals surface area contributed by atoms with Gasteiger partial charge in [-0.15, -0.1) is 0 Å². The monoisotopic (exact) mass is 201 g/mol. The van der Waals surface area contributed by atoms with Crippen LogP contribution in [0, 0.1) is 0 Å². The molecule has 14 heavy (non-hydrogen) atoms. The van der Waals surface area contributed by atoms with Gasteiger partial charge in [0.05, 0.1) is 31.8 Å². The van der Waals surface area contributed by atoms with Crippen LogP contribution in [0.25, 0.3) is 0 Å². The summed E-state index contributed by atoms with van der Waals surface area (Å²) in [4.78, 5) is 13.4. The fourth-order valence-corrected chi connectivity index (χ4v) is 1.56. The van der Waals surface area contributed by atoms with Crippen molar-refractivity contribution in [2.75, 3.05) is 19.8 Å². The predicted molar refractivity (Wildman–Crippen MR) is 52.9 cm³/mol. The zero-order chi connectivity index (χ0) is 10.6. The van der Waals surface area contributed by atoms with Gasteiger partial charge in [0.15, 0.2) is 0 Å². The maximum Gasteiger partial charge on any atom is 0.225 e. The standard InChI is InChI=1S/C10H19NO3/c1-8-7-14-6-4-10(13)11(8)5-3-9(2)12/h8-9,12H,3-7H2,1-2H3. The lowest BCUT2D eigenvalue weighted by molar-refractivity contribution is -0.132. The zero-order valence-electron chi connectivity index (χ0n) is 8.90. The second-order valence-electron chi connectivity index (χ2n) is 3.90. The predicted octanol–water partition coefficient (Wildman–Crippen LogP) is 0.395. The molecule has 0 saturated carbocycles. The van der Waals surface area contributed by atoms with Gasteiger partial charge in [0.25, 0.3) is 0 Å². The van der Waals surface area contributed by atoms with E-state index in [-0.39, 0.29) is 18.1 Å². The molecule has 0 bridgehead atoms. The molecular weight excluding hydrogens is 182 g/mol. The normalized spacial score (nSPS) is 26.1. The van der Waals surface area contributed by atoms with Crippen molar-refractivity contribution in [1.82, 2.24) is 4.90 Å². The van der Waals surface area contributed by atoms with Gasteiger partial charge in [0, 0.05) is 6.54 Å². The summed E-state index contributed by atoms with van der Waals surface area (Å²) < 4.78 is 5.29. The van der Waals surface area contributed by atoms with E-state index in [1.54, 1.807) is 11.8 Å². The summed E-state index contributed by atoms with van der Waals surface area (Å²) in [6, 6.07) is 0.128. The van der Waals surface area contributed by atoms with Crippen LogP contribution in [0.2, 0.25) is 0 Å². The van der Waals surface area contributed by atoms with Crippen LogP contribution in [0.4, 0.5) is 0 Å². The molecule has 2 atom stereocenters. The van der Waals surface area contributed by atoms with Gasteiger partial charge in [0.2, 0.25) is 5.91 Å². The summed E-state index contributed by atoms with van der Waals surface area (Å²) in [7, 11) is 0. The van der Waals surface area contributed by atoms with E-state index < -0.39 is 0 Å². The minimum atomic E-state index is -0.348. The van der Waals surface area contributed by atoms with Crippen LogP contribution < -0.4 is 0 Å². The lowest BCUT2D eigenvalue weighted by atomic mass is 10.2. The highest BCUT2D eigenvalue weighted by Crippen LogP contribution is 2.09. The smallest absolute Gasteiger partial charge is 0.225 e. The van der Waals surface area contributed by atoms with Gasteiger partial charge in [-0.05, 0) is 20.3 Å². The minimum Gasteiger partial charge on any atom is -0.393 e. The highest BCUT2D eigenvalue weighted by Gasteiger charge is 2.23. The molecule has 0 radical (unpaired) electrons. The maximum atomic E-state index is 11.6. The minimum absolute atomic E-state index is 0.128. The van der Waals surface area contributed by atoms with Crippen molar-refractivity contribution in [2.24, 2.45) is 0 Å². The first-order valence-electron chi connectivity index (χ1n) is 5.16. The van der Waals surface area contributed by atoms with E-state index in [4.69, 9.17) is 9.84 Å². The van der Waals surface area contributed by atoms with Gasteiger partial charge in [0.1, 0.15) is 0 Å². The van der Waals surface area contributed by atoms with E-state index in [0.717, 1.165) is 0 Å². The van der Waals surface area contributed by atoms with E-state index in [1.807, 2.05) is 6.92 Å². The molecule has 1 aliphatic rings. The van der Waals surface area contributed by atoms with Crippen LogP contribution in [0.1, 0.15) is 26.7 Å². The quantitative estimate of drug-likeness (QED) is 0.719. The molecule has 1 fully saturated rings. The molecular formula is C10H19NO3. The number of hydrogen-bond donors (Lipinski definition) is 1. The number of ether oxygens (including phenoxy) is 1. The van der Waals surface area contributed by atoms with Crippen molar-refractivity contribution in [1.29, 1.82) is 0 Å². The third-order valence-electron chi connectivity index (χ3n) is 2.46. The van der Waals surface area contributed by atoms with Gasteiger partial charge in [-0.25, -0.2) is 0 Å². The summed E-state index contributed by atoms with van der Waals surface area (Å²) in [6.07, 6.45) is 0.749. The number of aliphatic hydroxyl groups excluding tert-OH is 1. The number of hydrogen-bond acceptors (Lipinski definition) is 3. The van der Waals surface area contributed by atoms with E-state index in [2.05, 4.69) is 0 Å². The number of amides is 1. The van der Waals surface area contributed by atoms with E-state index in [0.29, 0.717) is 32.6 Å². The molecule has 1 amide bonds. The Morgan fingerprint density at radius 1 is 1.71 bits per heavy atom. The van der Waals surface area contributed by atoms with Gasteiger partial charge in [-0.1, -0.05) is 0 Å². The summed E-state index contributed by atoms with van der Waals surface area (Å²) in [5, 5.41) is 9.16. The second kappa shape index (κ2) is 5.32. The molecule has 0 spiro atoms. The molecule has 1 heterocycles. The van der Waals surface area contributed by atoms with Gasteiger partial charge < -0.3 is 14.7 Å². The van der Waals surface area contributed by atoms with Crippen molar-refractivity contribution >= 4 is 5.91 Å². The molecule has 4 heteroatoms. The summed E-state index contributed by atoms with van der Waals surface area (Å²) in [5.41, 5.74) is 0. The zero-order valence-corrected chi connectivity index (χ0v) is 8.90. The summed E-state index contributed by atoms with van der Waals surface area (Å²) >= 11 is 0. The largest absolute Gasteiger partial charge is 0.393 e. The van der Waals surface area contributed by atoms with Crippen molar-refractivity contribution in [3.8, 4) is 0 Å². The van der Waals surface area contributed by atoms with E-state index in [9.17, 15) is 4.79 Å². The number of carbonyl (C=O) groups is 1. The van der Waals surface area contributed by atoms with Crippen molar-refractivity contribution in [2.45, 2.75) is 38.8 Å². The van der Waals surface area contributed by atoms with Crippen LogP contribution in [-0.2, 0) is 9.53 Å². The number of aliphatic hydroxyl groups is 1. The Morgan fingerprint density at radius 2 is 2.43 bits per heavy atom. The highest BCUT2D eigenvalue weighted by atomic mass is 16.5. The first-order chi connectivity index (χ1) is 6.61. The SMILES string of the molecule is CC(O)CCN1C(=O)CCOCC1C. The lowest BCUT2D eigenvalue weighted by Gasteiger charge is -2.27. The molecule has 0 aliphatic carbocycles. The van der Waals surface area contributed by atoms with Crippen LogP contribution >= 0.6 is 0 Å². The first-order valence-corrected chi connectivity index (χ1v) is 5.16. The molecule has 0 aromatic rings. The Hall–Kier alpha value is -0.610. The van der Waals surface area contributed by atoms with E-state index >= 15 is 0 Å². The number of rotatable bonds is 3. The van der Waals surface area contributed by atoms with Crippen LogP contribution in [0.15, 0.2) is 0 Å². The third-order valence-corrected chi connectivity index (χ3v) is 2.46. The van der Waals surface area contributed by atoms with Crippen LogP contribution in [0.5, 0.6) is 0 Å². The Balaban J connectivity index is 2.47. The summed E-state index contributed by atoms with van der Waals surface area (Å²) in [5.74, 6) is 0.135. The molecule has 4 nitrogen and oxygen atoms in total. The first kappa shape index (κ1) is 11.5. The fourth-order valence-electron chi connectivity index (χ4n) is 1.56. The second-order valence-corrected chi connectivity index (χ2v) is 3.90. The number of nitrogens with zero attached hydrogens (tertiary/aromatic N) is 1. The van der Waals surface area contributed by atoms with Crippen molar-refractivity contribution in [3.05, 3.63) is 0 Å². The topological polar surface area (TPSA) is 49.8 Å². The molecule has 1 N–H and O–H groups in total. The average molecular weight is 201 g/mol. The molecule has 1 saturated heterocycles. The Bertz CT molecular complexity index is 194. The molecule has 1 rings (SSSR count). The Labute approximate surface area is 84.8 Å². The average Bonchev–Trinajstić information content (AvgIpc) is 2.25. The van der Waals surface area contributed by atoms with Crippen LogP contribution in [0.3, 0.4) is 0 Å².